The molecule has 0 spiro atoms. The van der Waals surface area contributed by atoms with Gasteiger partial charge >= 0.3 is 0 Å². The summed E-state index contributed by atoms with van der Waals surface area (Å²) >= 11 is 3.19. The largest absolute Gasteiger partial charge is 0.399 e. The van der Waals surface area contributed by atoms with Crippen LogP contribution in [0.3, 0.4) is 0 Å². The maximum Gasteiger partial charge on any atom is 0.244 e. The molecule has 2 N–H and O–H groups in total. The summed E-state index contributed by atoms with van der Waals surface area (Å²) in [6, 6.07) is 6.60. The van der Waals surface area contributed by atoms with Crippen LogP contribution < -0.4 is 5.73 Å². The molecule has 0 saturated carbocycles. The zero-order chi connectivity index (χ0) is 13.9. The first-order valence-electron chi connectivity index (χ1n) is 5.20. The Kier molecular flexibility index (Phi) is 4.73. The van der Waals surface area contributed by atoms with Crippen LogP contribution in [0.15, 0.2) is 27.6 Å². The van der Waals surface area contributed by atoms with Gasteiger partial charge in [0.2, 0.25) is 10.0 Å². The standard InChI is InChI=1S/C11H14BrN3O2S/c1-8(6-13)7-15(2)18(16,17)11-5-9(14)3-4-10(11)12/h3-5,8H,7,14H2,1-2H3. The zero-order valence-electron chi connectivity index (χ0n) is 10.1. The molecule has 0 aliphatic rings. The second-order valence-corrected chi connectivity index (χ2v) is 6.87. The average molecular weight is 332 g/mol. The van der Waals surface area contributed by atoms with Gasteiger partial charge in [-0.3, -0.25) is 0 Å². The van der Waals surface area contributed by atoms with Crippen LogP contribution in [0.25, 0.3) is 0 Å². The normalized spacial score (nSPS) is 13.3. The molecule has 0 fully saturated rings. The van der Waals surface area contributed by atoms with E-state index in [0.717, 1.165) is 4.31 Å². The molecule has 1 aromatic rings. The minimum atomic E-state index is -3.64. The molecular formula is C11H14BrN3O2S. The van der Waals surface area contributed by atoms with E-state index in [4.69, 9.17) is 11.0 Å². The maximum absolute atomic E-state index is 12.3. The van der Waals surface area contributed by atoms with Gasteiger partial charge in [0.15, 0.2) is 0 Å². The Bertz CT molecular complexity index is 580. The Morgan fingerprint density at radius 2 is 2.17 bits per heavy atom. The number of nitrogens with two attached hydrogens (primary N) is 1. The first kappa shape index (κ1) is 15.0. The minimum Gasteiger partial charge on any atom is -0.399 e. The van der Waals surface area contributed by atoms with Gasteiger partial charge in [0.25, 0.3) is 0 Å². The van der Waals surface area contributed by atoms with Crippen molar-refractivity contribution < 1.29 is 8.42 Å². The molecule has 0 bridgehead atoms. The van der Waals surface area contributed by atoms with Gasteiger partial charge in [-0.1, -0.05) is 0 Å². The third-order valence-electron chi connectivity index (χ3n) is 2.39. The van der Waals surface area contributed by atoms with E-state index in [1.807, 2.05) is 6.07 Å². The Morgan fingerprint density at radius 1 is 1.56 bits per heavy atom. The Hall–Kier alpha value is -1.10. The molecule has 0 heterocycles. The molecule has 0 saturated heterocycles. The molecule has 18 heavy (non-hydrogen) atoms. The van der Waals surface area contributed by atoms with E-state index in [-0.39, 0.29) is 17.4 Å². The van der Waals surface area contributed by atoms with Gasteiger partial charge in [-0.05, 0) is 41.1 Å². The van der Waals surface area contributed by atoms with Crippen molar-refractivity contribution in [2.24, 2.45) is 5.92 Å². The van der Waals surface area contributed by atoms with Crippen LogP contribution >= 0.6 is 15.9 Å². The van der Waals surface area contributed by atoms with Crippen molar-refractivity contribution in [1.82, 2.24) is 4.31 Å². The third kappa shape index (κ3) is 3.22. The summed E-state index contributed by atoms with van der Waals surface area (Å²) in [4.78, 5) is 0.107. The Labute approximate surface area is 115 Å². The average Bonchev–Trinajstić information content (AvgIpc) is 2.31. The van der Waals surface area contributed by atoms with Gasteiger partial charge in [0.1, 0.15) is 0 Å². The topological polar surface area (TPSA) is 87.2 Å². The quantitative estimate of drug-likeness (QED) is 0.852. The number of rotatable bonds is 4. The van der Waals surface area contributed by atoms with E-state index < -0.39 is 10.0 Å². The highest BCUT2D eigenvalue weighted by molar-refractivity contribution is 9.10. The molecule has 5 nitrogen and oxygen atoms in total. The van der Waals surface area contributed by atoms with Crippen molar-refractivity contribution in [3.63, 3.8) is 0 Å². The van der Waals surface area contributed by atoms with Crippen LogP contribution in [0.2, 0.25) is 0 Å². The summed E-state index contributed by atoms with van der Waals surface area (Å²) in [5.74, 6) is -0.371. The molecule has 7 heteroatoms. The van der Waals surface area contributed by atoms with Gasteiger partial charge in [-0.25, -0.2) is 8.42 Å². The second kappa shape index (κ2) is 5.69. The van der Waals surface area contributed by atoms with E-state index in [9.17, 15) is 8.42 Å². The van der Waals surface area contributed by atoms with Crippen molar-refractivity contribution >= 4 is 31.6 Å². The molecule has 0 aliphatic carbocycles. The molecule has 0 amide bonds. The SMILES string of the molecule is CC(C#N)CN(C)S(=O)(=O)c1cc(N)ccc1Br. The monoisotopic (exact) mass is 331 g/mol. The van der Waals surface area contributed by atoms with Gasteiger partial charge in [0.05, 0.1) is 16.9 Å². The van der Waals surface area contributed by atoms with Crippen molar-refractivity contribution in [2.75, 3.05) is 19.3 Å². The molecule has 0 aliphatic heterocycles. The predicted octanol–water partition coefficient (Wildman–Crippen LogP) is 1.81. The van der Waals surface area contributed by atoms with Gasteiger partial charge in [-0.2, -0.15) is 9.57 Å². The van der Waals surface area contributed by atoms with E-state index in [1.54, 1.807) is 19.1 Å². The lowest BCUT2D eigenvalue weighted by Gasteiger charge is -2.19. The fourth-order valence-electron chi connectivity index (χ4n) is 1.41. The molecule has 1 atom stereocenters. The lowest BCUT2D eigenvalue weighted by Crippen LogP contribution is -2.31. The molecule has 98 valence electrons. The number of benzene rings is 1. The van der Waals surface area contributed by atoms with Gasteiger partial charge < -0.3 is 5.73 Å². The minimum absolute atomic E-state index is 0.107. The van der Waals surface area contributed by atoms with Crippen LogP contribution in [-0.2, 0) is 10.0 Å². The summed E-state index contributed by atoms with van der Waals surface area (Å²) in [6.45, 7) is 1.81. The number of halogens is 1. The summed E-state index contributed by atoms with van der Waals surface area (Å²) in [7, 11) is -2.20. The number of nitrogen functional groups attached to an aromatic ring is 1. The van der Waals surface area contributed by atoms with Crippen molar-refractivity contribution in [3.05, 3.63) is 22.7 Å². The molecule has 0 radical (unpaired) electrons. The van der Waals surface area contributed by atoms with Crippen molar-refractivity contribution in [1.29, 1.82) is 5.26 Å². The van der Waals surface area contributed by atoms with Crippen LogP contribution in [0.4, 0.5) is 5.69 Å². The highest BCUT2D eigenvalue weighted by Crippen LogP contribution is 2.26. The summed E-state index contributed by atoms with van der Waals surface area (Å²) in [5.41, 5.74) is 5.97. The highest BCUT2D eigenvalue weighted by Gasteiger charge is 2.24. The zero-order valence-corrected chi connectivity index (χ0v) is 12.5. The van der Waals surface area contributed by atoms with E-state index in [0.29, 0.717) is 10.2 Å². The number of anilines is 1. The fourth-order valence-corrected chi connectivity index (χ4v) is 3.63. The molecular weight excluding hydrogens is 318 g/mol. The number of hydrogen-bond acceptors (Lipinski definition) is 4. The van der Waals surface area contributed by atoms with Gasteiger partial charge in [0, 0.05) is 23.8 Å². The fraction of sp³-hybridized carbons (Fsp3) is 0.364. The van der Waals surface area contributed by atoms with Crippen LogP contribution in [0.5, 0.6) is 0 Å². The number of sulfonamides is 1. The van der Waals surface area contributed by atoms with Crippen molar-refractivity contribution in [3.8, 4) is 6.07 Å². The number of nitriles is 1. The van der Waals surface area contributed by atoms with Crippen LogP contribution in [0, 0.1) is 17.2 Å². The number of nitrogens with zero attached hydrogens (tertiary/aromatic N) is 2. The Morgan fingerprint density at radius 3 is 2.72 bits per heavy atom. The lowest BCUT2D eigenvalue weighted by molar-refractivity contribution is 0.439. The van der Waals surface area contributed by atoms with E-state index in [1.165, 1.54) is 13.1 Å². The summed E-state index contributed by atoms with van der Waals surface area (Å²) < 4.78 is 26.2. The third-order valence-corrected chi connectivity index (χ3v) is 5.21. The maximum atomic E-state index is 12.3. The predicted molar refractivity (Wildman–Crippen MR) is 73.1 cm³/mol. The molecule has 0 aromatic heterocycles. The van der Waals surface area contributed by atoms with E-state index in [2.05, 4.69) is 15.9 Å². The van der Waals surface area contributed by atoms with Crippen LogP contribution in [0.1, 0.15) is 6.92 Å². The lowest BCUT2D eigenvalue weighted by atomic mass is 10.2. The first-order chi connectivity index (χ1) is 8.28. The Balaban J connectivity index is 3.14. The van der Waals surface area contributed by atoms with Crippen molar-refractivity contribution in [2.45, 2.75) is 11.8 Å². The summed E-state index contributed by atoms with van der Waals surface area (Å²) in [6.07, 6.45) is 0. The molecule has 1 unspecified atom stereocenters. The van der Waals surface area contributed by atoms with E-state index >= 15 is 0 Å². The molecule has 1 rings (SSSR count). The highest BCUT2D eigenvalue weighted by atomic mass is 79.9. The smallest absolute Gasteiger partial charge is 0.244 e. The molecule has 1 aromatic carbocycles. The first-order valence-corrected chi connectivity index (χ1v) is 7.43. The van der Waals surface area contributed by atoms with Gasteiger partial charge in [-0.15, -0.1) is 0 Å². The number of hydrogen-bond donors (Lipinski definition) is 1. The summed E-state index contributed by atoms with van der Waals surface area (Å²) in [5, 5.41) is 8.72. The van der Waals surface area contributed by atoms with Crippen LogP contribution in [-0.4, -0.2) is 26.3 Å². The second-order valence-electron chi connectivity index (χ2n) is 4.01.